The van der Waals surface area contributed by atoms with E-state index < -0.39 is 0 Å². The second-order valence-corrected chi connectivity index (χ2v) is 6.70. The Balaban J connectivity index is 1.84. The van der Waals surface area contributed by atoms with Gasteiger partial charge in [0.05, 0.1) is 11.1 Å². The summed E-state index contributed by atoms with van der Waals surface area (Å²) in [6, 6.07) is 9.45. The Bertz CT molecular complexity index is 564. The van der Waals surface area contributed by atoms with Crippen molar-refractivity contribution in [1.29, 1.82) is 0 Å². The Morgan fingerprint density at radius 3 is 2.70 bits per heavy atom. The molecule has 0 spiro atoms. The Kier molecular flexibility index (Phi) is 4.27. The van der Waals surface area contributed by atoms with E-state index in [2.05, 4.69) is 22.8 Å². The Morgan fingerprint density at radius 2 is 2.05 bits per heavy atom. The normalized spacial score (nSPS) is 17.3. The van der Waals surface area contributed by atoms with Crippen LogP contribution in [0, 0.1) is 11.7 Å². The molecule has 20 heavy (non-hydrogen) atoms. The van der Waals surface area contributed by atoms with Crippen molar-refractivity contribution >= 4 is 28.6 Å². The third-order valence-electron chi connectivity index (χ3n) is 3.96. The number of hydrogen-bond donors (Lipinski definition) is 1. The van der Waals surface area contributed by atoms with Crippen molar-refractivity contribution in [1.82, 2.24) is 0 Å². The molecular formula is C16H17ClFNS. The van der Waals surface area contributed by atoms with Crippen LogP contribution in [0.4, 0.5) is 10.1 Å². The van der Waals surface area contributed by atoms with Gasteiger partial charge < -0.3 is 5.32 Å². The molecule has 1 heterocycles. The lowest BCUT2D eigenvalue weighted by Crippen LogP contribution is -2.18. The molecule has 2 aromatic rings. The van der Waals surface area contributed by atoms with Gasteiger partial charge in [0, 0.05) is 10.6 Å². The molecule has 1 aromatic heterocycles. The average Bonchev–Trinajstić information content (AvgIpc) is 3.12. The summed E-state index contributed by atoms with van der Waals surface area (Å²) in [5, 5.41) is 5.77. The predicted molar refractivity (Wildman–Crippen MR) is 84.1 cm³/mol. The van der Waals surface area contributed by atoms with Crippen LogP contribution in [-0.4, -0.2) is 0 Å². The third-order valence-corrected chi connectivity index (χ3v) is 5.22. The number of thiophene rings is 1. The zero-order valence-electron chi connectivity index (χ0n) is 11.1. The zero-order chi connectivity index (χ0) is 13.9. The topological polar surface area (TPSA) is 12.0 Å². The van der Waals surface area contributed by atoms with Crippen LogP contribution in [0.15, 0.2) is 35.7 Å². The van der Waals surface area contributed by atoms with E-state index in [9.17, 15) is 4.39 Å². The van der Waals surface area contributed by atoms with Crippen LogP contribution < -0.4 is 5.32 Å². The first-order valence-electron chi connectivity index (χ1n) is 6.99. The summed E-state index contributed by atoms with van der Waals surface area (Å²) in [6.07, 6.45) is 5.07. The standard InChI is InChI=1S/C16H17ClFNS/c17-13-8-7-12(10-14(13)18)19-16(11-4-1-2-5-11)15-6-3-9-20-15/h3,6-11,16,19H,1-2,4-5H2. The first-order valence-corrected chi connectivity index (χ1v) is 8.25. The van der Waals surface area contributed by atoms with Gasteiger partial charge in [0.15, 0.2) is 0 Å². The lowest BCUT2D eigenvalue weighted by atomic mass is 9.96. The van der Waals surface area contributed by atoms with E-state index in [4.69, 9.17) is 11.6 Å². The van der Waals surface area contributed by atoms with E-state index in [1.54, 1.807) is 17.4 Å². The maximum atomic E-state index is 13.6. The van der Waals surface area contributed by atoms with Gasteiger partial charge in [-0.3, -0.25) is 0 Å². The molecule has 0 bridgehead atoms. The molecule has 1 aromatic carbocycles. The summed E-state index contributed by atoms with van der Waals surface area (Å²) < 4.78 is 13.6. The summed E-state index contributed by atoms with van der Waals surface area (Å²) in [5.41, 5.74) is 0.803. The van der Waals surface area contributed by atoms with Crippen LogP contribution in [0.1, 0.15) is 36.6 Å². The van der Waals surface area contributed by atoms with Gasteiger partial charge in [0.2, 0.25) is 0 Å². The van der Waals surface area contributed by atoms with Crippen molar-refractivity contribution in [2.24, 2.45) is 5.92 Å². The highest BCUT2D eigenvalue weighted by atomic mass is 35.5. The van der Waals surface area contributed by atoms with E-state index in [0.29, 0.717) is 5.92 Å². The van der Waals surface area contributed by atoms with Crippen LogP contribution in [-0.2, 0) is 0 Å². The van der Waals surface area contributed by atoms with Gasteiger partial charge in [-0.15, -0.1) is 11.3 Å². The van der Waals surface area contributed by atoms with Crippen LogP contribution in [0.2, 0.25) is 5.02 Å². The fourth-order valence-corrected chi connectivity index (χ4v) is 3.93. The van der Waals surface area contributed by atoms with Gasteiger partial charge in [-0.1, -0.05) is 30.5 Å². The first kappa shape index (κ1) is 13.9. The van der Waals surface area contributed by atoms with E-state index in [0.717, 1.165) is 5.69 Å². The molecule has 1 fully saturated rings. The van der Waals surface area contributed by atoms with Gasteiger partial charge in [-0.05, 0) is 48.4 Å². The number of benzene rings is 1. The van der Waals surface area contributed by atoms with Gasteiger partial charge in [-0.25, -0.2) is 4.39 Å². The third kappa shape index (κ3) is 2.99. The second-order valence-electron chi connectivity index (χ2n) is 5.31. The summed E-state index contributed by atoms with van der Waals surface area (Å²) in [6.45, 7) is 0. The van der Waals surface area contributed by atoms with E-state index in [1.807, 2.05) is 6.07 Å². The molecule has 0 aliphatic heterocycles. The van der Waals surface area contributed by atoms with Crippen molar-refractivity contribution < 1.29 is 4.39 Å². The van der Waals surface area contributed by atoms with Crippen molar-refractivity contribution in [2.75, 3.05) is 5.32 Å². The zero-order valence-corrected chi connectivity index (χ0v) is 12.7. The minimum absolute atomic E-state index is 0.170. The van der Waals surface area contributed by atoms with Gasteiger partial charge in [-0.2, -0.15) is 0 Å². The smallest absolute Gasteiger partial charge is 0.143 e. The molecule has 1 nitrogen and oxygen atoms in total. The summed E-state index contributed by atoms with van der Waals surface area (Å²) in [5.74, 6) is 0.264. The highest BCUT2D eigenvalue weighted by Gasteiger charge is 2.27. The quantitative estimate of drug-likeness (QED) is 0.743. The largest absolute Gasteiger partial charge is 0.377 e. The van der Waals surface area contributed by atoms with Crippen molar-refractivity contribution in [2.45, 2.75) is 31.7 Å². The number of hydrogen-bond acceptors (Lipinski definition) is 2. The minimum Gasteiger partial charge on any atom is -0.377 e. The number of rotatable bonds is 4. The highest BCUT2D eigenvalue weighted by molar-refractivity contribution is 7.10. The van der Waals surface area contributed by atoms with Gasteiger partial charge >= 0.3 is 0 Å². The van der Waals surface area contributed by atoms with Crippen LogP contribution >= 0.6 is 22.9 Å². The molecule has 0 radical (unpaired) electrons. The van der Waals surface area contributed by atoms with E-state index >= 15 is 0 Å². The minimum atomic E-state index is -0.368. The Hall–Kier alpha value is -1.06. The molecule has 3 rings (SSSR count). The van der Waals surface area contributed by atoms with Crippen LogP contribution in [0.25, 0.3) is 0 Å². The summed E-state index contributed by atoms with van der Waals surface area (Å²) >= 11 is 7.51. The average molecular weight is 310 g/mol. The molecule has 0 saturated heterocycles. The maximum absolute atomic E-state index is 13.6. The molecule has 0 amide bonds. The monoisotopic (exact) mass is 309 g/mol. The van der Waals surface area contributed by atoms with E-state index in [-0.39, 0.29) is 16.9 Å². The number of nitrogens with one attached hydrogen (secondary N) is 1. The van der Waals surface area contributed by atoms with Crippen molar-refractivity contribution in [3.05, 3.63) is 51.4 Å². The van der Waals surface area contributed by atoms with Gasteiger partial charge in [0.25, 0.3) is 0 Å². The second kappa shape index (κ2) is 6.15. The lowest BCUT2D eigenvalue weighted by Gasteiger charge is -2.25. The predicted octanol–water partition coefficient (Wildman–Crippen LogP) is 5.88. The fraction of sp³-hybridized carbons (Fsp3) is 0.375. The Morgan fingerprint density at radius 1 is 1.25 bits per heavy atom. The maximum Gasteiger partial charge on any atom is 0.143 e. The summed E-state index contributed by atoms with van der Waals surface area (Å²) in [7, 11) is 0. The van der Waals surface area contributed by atoms with Crippen molar-refractivity contribution in [3.63, 3.8) is 0 Å². The molecule has 1 N–H and O–H groups in total. The van der Waals surface area contributed by atoms with Gasteiger partial charge in [0.1, 0.15) is 5.82 Å². The van der Waals surface area contributed by atoms with Crippen molar-refractivity contribution in [3.8, 4) is 0 Å². The SMILES string of the molecule is Fc1cc(NC(c2cccs2)C2CCCC2)ccc1Cl. The molecule has 1 aliphatic rings. The number of anilines is 1. The highest BCUT2D eigenvalue weighted by Crippen LogP contribution is 2.39. The summed E-state index contributed by atoms with van der Waals surface area (Å²) in [4.78, 5) is 1.33. The molecule has 1 aliphatic carbocycles. The molecule has 106 valence electrons. The van der Waals surface area contributed by atoms with E-state index in [1.165, 1.54) is 36.6 Å². The lowest BCUT2D eigenvalue weighted by molar-refractivity contribution is 0.475. The first-order chi connectivity index (χ1) is 9.74. The van der Waals surface area contributed by atoms with Crippen LogP contribution in [0.5, 0.6) is 0 Å². The molecule has 1 saturated carbocycles. The molecule has 4 heteroatoms. The molecule has 1 unspecified atom stereocenters. The molecular weight excluding hydrogens is 293 g/mol. The fourth-order valence-electron chi connectivity index (χ4n) is 2.95. The molecule has 1 atom stereocenters. The Labute approximate surface area is 127 Å². The van der Waals surface area contributed by atoms with Crippen LogP contribution in [0.3, 0.4) is 0 Å². The number of halogens is 2.